The lowest BCUT2D eigenvalue weighted by atomic mass is 10.2. The highest BCUT2D eigenvalue weighted by atomic mass is 32.1. The van der Waals surface area contributed by atoms with E-state index in [9.17, 15) is 9.90 Å². The average Bonchev–Trinajstić information content (AvgIpc) is 2.71. The number of carbonyl (C=O) groups excluding carboxylic acids is 1. The maximum absolute atomic E-state index is 10.8. The molecule has 0 spiro atoms. The second-order valence-electron chi connectivity index (χ2n) is 3.42. The topological polar surface area (TPSA) is 62.2 Å². The molecule has 0 aliphatic rings. The third-order valence-corrected chi connectivity index (χ3v) is 3.49. The zero-order valence-electron chi connectivity index (χ0n) is 9.39. The third kappa shape index (κ3) is 2.14. The maximum atomic E-state index is 10.8. The molecule has 0 radical (unpaired) electrons. The predicted octanol–water partition coefficient (Wildman–Crippen LogP) is 1.49. The molecule has 0 bridgehead atoms. The van der Waals surface area contributed by atoms with Crippen LogP contribution >= 0.6 is 11.3 Å². The first-order chi connectivity index (χ1) is 8.13. The number of carbonyl (C=O) groups is 1. The van der Waals surface area contributed by atoms with Crippen LogP contribution in [0.2, 0.25) is 0 Å². The van der Waals surface area contributed by atoms with Crippen LogP contribution in [0.15, 0.2) is 24.3 Å². The van der Waals surface area contributed by atoms with E-state index >= 15 is 0 Å². The molecule has 1 aromatic carbocycles. The molecule has 0 fully saturated rings. The number of hydrogen-bond donors (Lipinski definition) is 0. The van der Waals surface area contributed by atoms with Crippen molar-refractivity contribution in [3.63, 3.8) is 0 Å². The Morgan fingerprint density at radius 3 is 2.71 bits per heavy atom. The van der Waals surface area contributed by atoms with Crippen LogP contribution in [0, 0.1) is 6.92 Å². The largest absolute Gasteiger partial charge is 0.544 e. The second-order valence-corrected chi connectivity index (χ2v) is 4.42. The van der Waals surface area contributed by atoms with E-state index in [0.29, 0.717) is 16.5 Å². The number of hydrogen-bond acceptors (Lipinski definition) is 5. The summed E-state index contributed by atoms with van der Waals surface area (Å²) in [5.41, 5.74) is 1.26. The van der Waals surface area contributed by atoms with Gasteiger partial charge in [-0.15, -0.1) is 11.3 Å². The fourth-order valence-electron chi connectivity index (χ4n) is 1.52. The molecule has 2 rings (SSSR count). The summed E-state index contributed by atoms with van der Waals surface area (Å²) in [6.07, 6.45) is 0. The van der Waals surface area contributed by atoms with Crippen LogP contribution < -0.4 is 9.84 Å². The standard InChI is InChI=1S/C12H11NO3S/c1-7-10(12(14)15)17-11(13-7)8-5-3-4-6-9(8)16-2/h3-6H,1-2H3,(H,14,15)/p-1. The number of carboxylic acids is 1. The fraction of sp³-hybridized carbons (Fsp3) is 0.167. The Kier molecular flexibility index (Phi) is 3.10. The van der Waals surface area contributed by atoms with Crippen molar-refractivity contribution in [3.8, 4) is 16.3 Å². The summed E-state index contributed by atoms with van der Waals surface area (Å²) in [7, 11) is 1.57. The van der Waals surface area contributed by atoms with Crippen molar-refractivity contribution in [1.82, 2.24) is 4.98 Å². The number of ether oxygens (including phenoxy) is 1. The summed E-state index contributed by atoms with van der Waals surface area (Å²) in [5, 5.41) is 11.5. The number of aromatic carboxylic acids is 1. The molecule has 1 heterocycles. The van der Waals surface area contributed by atoms with Crippen LogP contribution in [0.25, 0.3) is 10.6 Å². The van der Waals surface area contributed by atoms with Gasteiger partial charge in [0.15, 0.2) is 0 Å². The monoisotopic (exact) mass is 248 g/mol. The number of para-hydroxylation sites is 1. The average molecular weight is 248 g/mol. The summed E-state index contributed by atoms with van der Waals surface area (Å²) in [5.74, 6) is -0.521. The number of methoxy groups -OCH3 is 1. The van der Waals surface area contributed by atoms with E-state index in [1.807, 2.05) is 24.3 Å². The minimum absolute atomic E-state index is 0.158. The lowest BCUT2D eigenvalue weighted by Gasteiger charge is -2.04. The van der Waals surface area contributed by atoms with Gasteiger partial charge < -0.3 is 14.6 Å². The van der Waals surface area contributed by atoms with Gasteiger partial charge in [-0.1, -0.05) is 12.1 Å². The minimum Gasteiger partial charge on any atom is -0.544 e. The zero-order valence-corrected chi connectivity index (χ0v) is 10.2. The Morgan fingerprint density at radius 2 is 2.12 bits per heavy atom. The quantitative estimate of drug-likeness (QED) is 0.825. The Labute approximate surface area is 103 Å². The number of thiazole rings is 1. The van der Waals surface area contributed by atoms with E-state index in [4.69, 9.17) is 4.74 Å². The van der Waals surface area contributed by atoms with Crippen LogP contribution in [-0.2, 0) is 0 Å². The first-order valence-corrected chi connectivity index (χ1v) is 5.77. The van der Waals surface area contributed by atoms with E-state index in [2.05, 4.69) is 4.98 Å². The summed E-state index contributed by atoms with van der Waals surface area (Å²) in [4.78, 5) is 15.2. The van der Waals surface area contributed by atoms with Gasteiger partial charge in [-0.3, -0.25) is 0 Å². The molecule has 0 N–H and O–H groups in total. The van der Waals surface area contributed by atoms with Crippen LogP contribution in [0.1, 0.15) is 15.4 Å². The highest BCUT2D eigenvalue weighted by molar-refractivity contribution is 7.17. The van der Waals surface area contributed by atoms with Crippen molar-refractivity contribution < 1.29 is 14.6 Å². The molecule has 17 heavy (non-hydrogen) atoms. The minimum atomic E-state index is -1.19. The van der Waals surface area contributed by atoms with E-state index in [-0.39, 0.29) is 4.88 Å². The molecule has 0 atom stereocenters. The molecule has 2 aromatic rings. The number of nitrogens with zero attached hydrogens (tertiary/aromatic N) is 1. The first kappa shape index (κ1) is 11.6. The smallest absolute Gasteiger partial charge is 0.129 e. The normalized spacial score (nSPS) is 10.2. The lowest BCUT2D eigenvalue weighted by Crippen LogP contribution is -2.21. The molecule has 0 aliphatic heterocycles. The van der Waals surface area contributed by atoms with Crippen LogP contribution in [0.5, 0.6) is 5.75 Å². The van der Waals surface area contributed by atoms with Crippen molar-refractivity contribution in [1.29, 1.82) is 0 Å². The summed E-state index contributed by atoms with van der Waals surface area (Å²) in [6, 6.07) is 7.36. The molecule has 1 aromatic heterocycles. The van der Waals surface area contributed by atoms with Crippen LogP contribution in [0.3, 0.4) is 0 Å². The molecule has 5 heteroatoms. The fourth-order valence-corrected chi connectivity index (χ4v) is 2.45. The lowest BCUT2D eigenvalue weighted by molar-refractivity contribution is -0.254. The molecular weight excluding hydrogens is 238 g/mol. The van der Waals surface area contributed by atoms with E-state index in [1.54, 1.807) is 14.0 Å². The van der Waals surface area contributed by atoms with Gasteiger partial charge in [0.2, 0.25) is 0 Å². The van der Waals surface area contributed by atoms with Gasteiger partial charge in [-0.2, -0.15) is 0 Å². The van der Waals surface area contributed by atoms with Crippen molar-refractivity contribution in [2.75, 3.05) is 7.11 Å². The third-order valence-electron chi connectivity index (χ3n) is 2.32. The van der Waals surface area contributed by atoms with Crippen molar-refractivity contribution in [3.05, 3.63) is 34.8 Å². The molecule has 0 amide bonds. The molecule has 88 valence electrons. The summed E-state index contributed by atoms with van der Waals surface area (Å²) < 4.78 is 5.21. The second kappa shape index (κ2) is 4.55. The van der Waals surface area contributed by atoms with Crippen molar-refractivity contribution >= 4 is 17.3 Å². The van der Waals surface area contributed by atoms with E-state index in [1.165, 1.54) is 0 Å². The number of aryl methyl sites for hydroxylation is 1. The highest BCUT2D eigenvalue weighted by Crippen LogP contribution is 2.33. The summed E-state index contributed by atoms with van der Waals surface area (Å²) in [6.45, 7) is 1.65. The van der Waals surface area contributed by atoms with Gasteiger partial charge in [0.05, 0.1) is 29.2 Å². The Hall–Kier alpha value is -1.88. The van der Waals surface area contributed by atoms with Gasteiger partial charge >= 0.3 is 0 Å². The van der Waals surface area contributed by atoms with Gasteiger partial charge in [-0.05, 0) is 19.1 Å². The van der Waals surface area contributed by atoms with E-state index < -0.39 is 5.97 Å². The maximum Gasteiger partial charge on any atom is 0.129 e. The van der Waals surface area contributed by atoms with Gasteiger partial charge in [-0.25, -0.2) is 4.98 Å². The Bertz CT molecular complexity index is 563. The van der Waals surface area contributed by atoms with Gasteiger partial charge in [0.1, 0.15) is 10.8 Å². The molecule has 0 saturated heterocycles. The SMILES string of the molecule is COc1ccccc1-c1nc(C)c(C(=O)[O-])s1. The summed E-state index contributed by atoms with van der Waals surface area (Å²) >= 11 is 1.10. The Morgan fingerprint density at radius 1 is 1.41 bits per heavy atom. The molecule has 0 saturated carbocycles. The van der Waals surface area contributed by atoms with Crippen LogP contribution in [0.4, 0.5) is 0 Å². The first-order valence-electron chi connectivity index (χ1n) is 4.95. The van der Waals surface area contributed by atoms with E-state index in [0.717, 1.165) is 16.9 Å². The van der Waals surface area contributed by atoms with Gasteiger partial charge in [0.25, 0.3) is 0 Å². The number of rotatable bonds is 3. The number of aromatic nitrogens is 1. The Balaban J connectivity index is 2.53. The predicted molar refractivity (Wildman–Crippen MR) is 63.2 cm³/mol. The number of benzene rings is 1. The molecule has 0 unspecified atom stereocenters. The van der Waals surface area contributed by atoms with Gasteiger partial charge in [0, 0.05) is 0 Å². The highest BCUT2D eigenvalue weighted by Gasteiger charge is 2.13. The molecular formula is C12H10NO3S-. The van der Waals surface area contributed by atoms with Crippen LogP contribution in [-0.4, -0.2) is 18.1 Å². The van der Waals surface area contributed by atoms with Crippen molar-refractivity contribution in [2.45, 2.75) is 6.92 Å². The zero-order chi connectivity index (χ0) is 12.4. The molecule has 4 nitrogen and oxygen atoms in total. The number of carboxylic acid groups (broad SMARTS) is 1. The van der Waals surface area contributed by atoms with Crippen molar-refractivity contribution in [2.24, 2.45) is 0 Å². The molecule has 0 aliphatic carbocycles.